The predicted octanol–water partition coefficient (Wildman–Crippen LogP) is -0.911. The minimum absolute atomic E-state index is 0.172. The number of carbonyl (C=O) groups is 1. The number of hydrazine groups is 2. The summed E-state index contributed by atoms with van der Waals surface area (Å²) in [4.78, 5) is 10.1. The molecule has 0 radical (unpaired) electrons. The molecule has 0 heterocycles. The molecule has 3 N–H and O–H groups in total. The van der Waals surface area contributed by atoms with E-state index in [9.17, 15) is 4.79 Å². The lowest BCUT2D eigenvalue weighted by molar-refractivity contribution is -0.120. The van der Waals surface area contributed by atoms with Crippen LogP contribution < -0.4 is 16.4 Å². The van der Waals surface area contributed by atoms with Crippen molar-refractivity contribution in [3.8, 4) is 0 Å². The molecule has 0 spiro atoms. The molecule has 0 aliphatic heterocycles. The van der Waals surface area contributed by atoms with Gasteiger partial charge in [-0.25, -0.2) is 0 Å². The van der Waals surface area contributed by atoms with Crippen LogP contribution in [0.4, 0.5) is 0 Å². The van der Waals surface area contributed by atoms with Crippen LogP contribution in [0.5, 0.6) is 0 Å². The van der Waals surface area contributed by atoms with E-state index in [1.54, 1.807) is 0 Å². The molecule has 0 unspecified atom stereocenters. The highest BCUT2D eigenvalue weighted by atomic mass is 32.1. The quantitative estimate of drug-likeness (QED) is 0.265. The van der Waals surface area contributed by atoms with Crippen LogP contribution in [-0.4, -0.2) is 11.4 Å². The number of amides is 1. The summed E-state index contributed by atoms with van der Waals surface area (Å²) in [5, 5.41) is 0. The zero-order chi connectivity index (χ0) is 6.41. The topological polar surface area (TPSA) is 53.2 Å². The predicted molar refractivity (Wildman–Crippen MR) is 33.7 cm³/mol. The van der Waals surface area contributed by atoms with Gasteiger partial charge in [-0.2, -0.15) is 0 Å². The number of hydrogen-bond donors (Lipinski definition) is 3. The molecule has 0 aromatic rings. The van der Waals surface area contributed by atoms with Crippen molar-refractivity contribution in [1.82, 2.24) is 16.4 Å². The molecule has 0 rings (SSSR count). The first-order chi connectivity index (χ1) is 3.77. The SMILES string of the molecule is CC(=O)NNNC=S. The van der Waals surface area contributed by atoms with Crippen molar-refractivity contribution in [2.75, 3.05) is 0 Å². The van der Waals surface area contributed by atoms with Gasteiger partial charge >= 0.3 is 0 Å². The van der Waals surface area contributed by atoms with E-state index in [4.69, 9.17) is 0 Å². The van der Waals surface area contributed by atoms with Crippen molar-refractivity contribution in [3.63, 3.8) is 0 Å². The summed E-state index contributed by atoms with van der Waals surface area (Å²) in [6, 6.07) is 0. The average molecular weight is 133 g/mol. The maximum atomic E-state index is 10.1. The monoisotopic (exact) mass is 133 g/mol. The van der Waals surface area contributed by atoms with Gasteiger partial charge in [-0.05, 0) is 0 Å². The van der Waals surface area contributed by atoms with Gasteiger partial charge in [-0.3, -0.25) is 10.2 Å². The second-order valence-electron chi connectivity index (χ2n) is 1.07. The molecule has 46 valence electrons. The van der Waals surface area contributed by atoms with Gasteiger partial charge in [0.2, 0.25) is 5.91 Å². The molecule has 0 saturated heterocycles. The zero-order valence-corrected chi connectivity index (χ0v) is 5.21. The molecule has 0 atom stereocenters. The highest BCUT2D eigenvalue weighted by Crippen LogP contribution is 1.47. The van der Waals surface area contributed by atoms with Crippen LogP contribution in [0.3, 0.4) is 0 Å². The third-order valence-electron chi connectivity index (χ3n) is 0.370. The Bertz CT molecular complexity index is 94.5. The number of rotatable bonds is 3. The van der Waals surface area contributed by atoms with Crippen LogP contribution in [0.25, 0.3) is 0 Å². The fourth-order valence-electron chi connectivity index (χ4n) is 0.154. The van der Waals surface area contributed by atoms with Crippen molar-refractivity contribution >= 4 is 23.6 Å². The number of nitrogens with one attached hydrogen (secondary N) is 3. The summed E-state index contributed by atoms with van der Waals surface area (Å²) in [6.07, 6.45) is 0. The van der Waals surface area contributed by atoms with E-state index in [2.05, 4.69) is 28.6 Å². The lowest BCUT2D eigenvalue weighted by Crippen LogP contribution is -2.44. The number of carbonyl (C=O) groups excluding carboxylic acids is 1. The number of thiocarbonyl (C=S) groups is 1. The van der Waals surface area contributed by atoms with E-state index >= 15 is 0 Å². The molecule has 0 saturated carbocycles. The van der Waals surface area contributed by atoms with Crippen molar-refractivity contribution in [2.24, 2.45) is 0 Å². The first kappa shape index (κ1) is 7.32. The molecule has 4 nitrogen and oxygen atoms in total. The van der Waals surface area contributed by atoms with Gasteiger partial charge in [0.25, 0.3) is 0 Å². The molecule has 0 bridgehead atoms. The fourth-order valence-corrected chi connectivity index (χ4v) is 0.212. The van der Waals surface area contributed by atoms with Crippen LogP contribution >= 0.6 is 12.2 Å². The van der Waals surface area contributed by atoms with Gasteiger partial charge in [0.1, 0.15) is 0 Å². The molecule has 1 amide bonds. The standard InChI is InChI=1S/C3H7N3OS/c1-3(7)5-6-4-2-8/h2,6H,1H3,(H,4,8)(H,5,7). The van der Waals surface area contributed by atoms with E-state index < -0.39 is 0 Å². The van der Waals surface area contributed by atoms with E-state index in [-0.39, 0.29) is 5.91 Å². The maximum Gasteiger partial charge on any atom is 0.232 e. The van der Waals surface area contributed by atoms with Crippen LogP contribution in [0.15, 0.2) is 0 Å². The Balaban J connectivity index is 2.93. The largest absolute Gasteiger partial charge is 0.300 e. The Morgan fingerprint density at radius 2 is 2.38 bits per heavy atom. The summed E-state index contributed by atoms with van der Waals surface area (Å²) in [5.41, 5.74) is 8.21. The minimum Gasteiger partial charge on any atom is -0.300 e. The fraction of sp³-hybridized carbons (Fsp3) is 0.333. The number of hydrogen-bond acceptors (Lipinski definition) is 3. The van der Waals surface area contributed by atoms with E-state index in [1.165, 1.54) is 12.4 Å². The Morgan fingerprint density at radius 1 is 1.75 bits per heavy atom. The molecule has 0 aromatic heterocycles. The second kappa shape index (κ2) is 4.48. The highest BCUT2D eigenvalue weighted by Gasteiger charge is 1.81. The summed E-state index contributed by atoms with van der Waals surface area (Å²) < 4.78 is 0. The summed E-state index contributed by atoms with van der Waals surface area (Å²) in [5.74, 6) is -0.172. The normalized spacial score (nSPS) is 7.62. The van der Waals surface area contributed by atoms with Gasteiger partial charge in [-0.15, -0.1) is 5.53 Å². The van der Waals surface area contributed by atoms with Gasteiger partial charge in [-0.1, -0.05) is 12.2 Å². The van der Waals surface area contributed by atoms with Crippen molar-refractivity contribution in [2.45, 2.75) is 6.92 Å². The highest BCUT2D eigenvalue weighted by molar-refractivity contribution is 7.78. The second-order valence-corrected chi connectivity index (χ2v) is 1.30. The van der Waals surface area contributed by atoms with E-state index in [0.29, 0.717) is 0 Å². The first-order valence-electron chi connectivity index (χ1n) is 1.98. The van der Waals surface area contributed by atoms with Gasteiger partial charge < -0.3 is 5.43 Å². The van der Waals surface area contributed by atoms with Crippen molar-refractivity contribution in [3.05, 3.63) is 0 Å². The molecule has 0 fully saturated rings. The first-order valence-corrected chi connectivity index (χ1v) is 2.45. The summed E-state index contributed by atoms with van der Waals surface area (Å²) >= 11 is 4.35. The molecule has 8 heavy (non-hydrogen) atoms. The Hall–Kier alpha value is -0.680. The van der Waals surface area contributed by atoms with Crippen LogP contribution in [0, 0.1) is 0 Å². The molecule has 0 aromatic carbocycles. The van der Waals surface area contributed by atoms with Gasteiger partial charge in [0.05, 0.1) is 5.49 Å². The van der Waals surface area contributed by atoms with E-state index in [1.807, 2.05) is 0 Å². The third kappa shape index (κ3) is 5.32. The lowest BCUT2D eigenvalue weighted by Gasteiger charge is -1.99. The smallest absolute Gasteiger partial charge is 0.232 e. The maximum absolute atomic E-state index is 10.1. The average Bonchev–Trinajstić information content (AvgIpc) is 1.66. The minimum atomic E-state index is -0.172. The van der Waals surface area contributed by atoms with Crippen LogP contribution in [-0.2, 0) is 4.79 Å². The van der Waals surface area contributed by atoms with Crippen LogP contribution in [0.1, 0.15) is 6.92 Å². The van der Waals surface area contributed by atoms with Gasteiger partial charge in [0, 0.05) is 6.92 Å². The molecule has 0 aliphatic carbocycles. The Labute approximate surface area is 52.6 Å². The summed E-state index contributed by atoms with van der Waals surface area (Å²) in [7, 11) is 0. The molecule has 5 heteroatoms. The zero-order valence-electron chi connectivity index (χ0n) is 4.39. The lowest BCUT2D eigenvalue weighted by atomic mass is 10.8. The van der Waals surface area contributed by atoms with Crippen molar-refractivity contribution < 1.29 is 4.79 Å². The van der Waals surface area contributed by atoms with Gasteiger partial charge in [0.15, 0.2) is 0 Å². The Morgan fingerprint density at radius 3 is 2.75 bits per heavy atom. The summed E-state index contributed by atoms with van der Waals surface area (Å²) in [6.45, 7) is 1.39. The Kier molecular flexibility index (Phi) is 4.10. The van der Waals surface area contributed by atoms with Crippen LogP contribution in [0.2, 0.25) is 0 Å². The molecule has 0 aliphatic rings. The van der Waals surface area contributed by atoms with Crippen molar-refractivity contribution in [1.29, 1.82) is 0 Å². The molecular weight excluding hydrogens is 126 g/mol. The van der Waals surface area contributed by atoms with E-state index in [0.717, 1.165) is 0 Å². The molecular formula is C3H7N3OS. The third-order valence-corrected chi connectivity index (χ3v) is 0.487.